The fraction of sp³-hybridized carbons (Fsp3) is 0.407. The molecule has 5 nitrogen and oxygen atoms in total. The smallest absolute Gasteiger partial charge is 0.416 e. The number of ether oxygens (including phenoxy) is 1. The maximum absolute atomic E-state index is 13.0. The van der Waals surface area contributed by atoms with Crippen LogP contribution in [0.1, 0.15) is 41.5 Å². The Hall–Kier alpha value is -2.56. The summed E-state index contributed by atoms with van der Waals surface area (Å²) in [5.74, 6) is 0.902. The van der Waals surface area contributed by atoms with Crippen molar-refractivity contribution in [1.29, 1.82) is 0 Å². The number of likely N-dealkylation sites (tertiary alicyclic amines) is 1. The summed E-state index contributed by atoms with van der Waals surface area (Å²) in [6.45, 7) is 6.50. The van der Waals surface area contributed by atoms with E-state index in [1.807, 2.05) is 19.1 Å². The maximum Gasteiger partial charge on any atom is 0.416 e. The van der Waals surface area contributed by atoms with Gasteiger partial charge in [0.1, 0.15) is 10.8 Å². The van der Waals surface area contributed by atoms with E-state index in [-0.39, 0.29) is 6.61 Å². The van der Waals surface area contributed by atoms with Gasteiger partial charge in [-0.25, -0.2) is 9.78 Å². The van der Waals surface area contributed by atoms with Crippen LogP contribution >= 0.6 is 23.1 Å². The van der Waals surface area contributed by atoms with Gasteiger partial charge in [-0.15, -0.1) is 23.1 Å². The first kappa shape index (κ1) is 27.5. The third-order valence-corrected chi connectivity index (χ3v) is 8.70. The number of rotatable bonds is 9. The Balaban J connectivity index is 1.53. The Labute approximate surface area is 222 Å². The zero-order valence-corrected chi connectivity index (χ0v) is 22.3. The first-order valence-corrected chi connectivity index (χ1v) is 13.9. The van der Waals surface area contributed by atoms with E-state index >= 15 is 0 Å². The van der Waals surface area contributed by atoms with Crippen molar-refractivity contribution in [2.24, 2.45) is 5.92 Å². The second-order valence-electron chi connectivity index (χ2n) is 9.32. The van der Waals surface area contributed by atoms with E-state index in [9.17, 15) is 18.0 Å². The molecule has 0 bridgehead atoms. The topological polar surface area (TPSA) is 62.7 Å². The number of piperidine rings is 1. The number of carbonyl (C=O) groups is 1. The number of aliphatic carboxylic acids is 1. The average molecular weight is 551 g/mol. The Morgan fingerprint density at radius 1 is 1.19 bits per heavy atom. The second-order valence-corrected chi connectivity index (χ2v) is 11.5. The van der Waals surface area contributed by atoms with Gasteiger partial charge in [0, 0.05) is 27.6 Å². The molecule has 0 unspecified atom stereocenters. The van der Waals surface area contributed by atoms with Gasteiger partial charge in [-0.2, -0.15) is 13.2 Å². The molecular weight excluding hydrogens is 521 g/mol. The van der Waals surface area contributed by atoms with E-state index in [4.69, 9.17) is 14.8 Å². The number of hydrogen-bond acceptors (Lipinski definition) is 6. The van der Waals surface area contributed by atoms with E-state index in [1.54, 1.807) is 17.8 Å². The fourth-order valence-electron chi connectivity index (χ4n) is 4.14. The van der Waals surface area contributed by atoms with Crippen LogP contribution in [0.25, 0.3) is 10.6 Å². The number of aromatic nitrogens is 1. The lowest BCUT2D eigenvalue weighted by atomic mass is 9.99. The Morgan fingerprint density at radius 3 is 2.51 bits per heavy atom. The van der Waals surface area contributed by atoms with Crippen LogP contribution in [0.5, 0.6) is 5.75 Å². The molecular formula is C27H29F3N2O3S2. The van der Waals surface area contributed by atoms with Crippen LogP contribution < -0.4 is 4.74 Å². The molecule has 10 heteroatoms. The predicted octanol–water partition coefficient (Wildman–Crippen LogP) is 7.12. The summed E-state index contributed by atoms with van der Waals surface area (Å²) in [4.78, 5) is 20.2. The van der Waals surface area contributed by atoms with Gasteiger partial charge in [0.05, 0.1) is 11.3 Å². The quantitative estimate of drug-likeness (QED) is 0.286. The largest absolute Gasteiger partial charge is 0.482 e. The Kier molecular flexibility index (Phi) is 8.82. The lowest BCUT2D eigenvalue weighted by molar-refractivity contribution is -0.139. The van der Waals surface area contributed by atoms with Crippen LogP contribution in [0.4, 0.5) is 13.2 Å². The third kappa shape index (κ3) is 7.49. The van der Waals surface area contributed by atoms with Gasteiger partial charge in [-0.1, -0.05) is 19.1 Å². The highest BCUT2D eigenvalue weighted by molar-refractivity contribution is 7.98. The zero-order valence-electron chi connectivity index (χ0n) is 20.7. The van der Waals surface area contributed by atoms with Crippen molar-refractivity contribution in [3.05, 3.63) is 64.2 Å². The maximum atomic E-state index is 13.0. The molecule has 0 radical (unpaired) electrons. The summed E-state index contributed by atoms with van der Waals surface area (Å²) in [5, 5.41) is 9.55. The van der Waals surface area contributed by atoms with Crippen molar-refractivity contribution in [1.82, 2.24) is 9.88 Å². The molecule has 0 aliphatic carbocycles. The molecule has 4 rings (SSSR count). The van der Waals surface area contributed by atoms with Crippen molar-refractivity contribution >= 4 is 29.1 Å². The number of aryl methyl sites for hydroxylation is 1. The highest BCUT2D eigenvalue weighted by Crippen LogP contribution is 2.36. The van der Waals surface area contributed by atoms with Crippen LogP contribution in [0.2, 0.25) is 0 Å². The third-order valence-electron chi connectivity index (χ3n) is 6.35. The molecule has 1 saturated heterocycles. The number of alkyl halides is 3. The predicted molar refractivity (Wildman–Crippen MR) is 140 cm³/mol. The molecule has 1 aromatic heterocycles. The van der Waals surface area contributed by atoms with Crippen LogP contribution in [-0.2, 0) is 23.3 Å². The number of halogens is 3. The molecule has 37 heavy (non-hydrogen) atoms. The molecule has 2 aromatic carbocycles. The molecule has 1 aliphatic rings. The van der Waals surface area contributed by atoms with Crippen molar-refractivity contribution in [2.45, 2.75) is 50.1 Å². The minimum atomic E-state index is -4.37. The van der Waals surface area contributed by atoms with Crippen molar-refractivity contribution in [3.63, 3.8) is 0 Å². The molecule has 1 aliphatic heterocycles. The number of hydrogen-bond donors (Lipinski definition) is 1. The Bertz CT molecular complexity index is 1220. The molecule has 2 heterocycles. The minimum absolute atomic E-state index is 0.389. The summed E-state index contributed by atoms with van der Waals surface area (Å²) < 4.78 is 44.4. The number of carboxylic acid groups (broad SMARTS) is 1. The first-order valence-electron chi connectivity index (χ1n) is 12.0. The molecule has 1 fully saturated rings. The van der Waals surface area contributed by atoms with Gasteiger partial charge < -0.3 is 9.84 Å². The average Bonchev–Trinajstić information content (AvgIpc) is 3.25. The molecule has 0 amide bonds. The number of thiazole rings is 1. The highest BCUT2D eigenvalue weighted by atomic mass is 32.2. The molecule has 0 saturated carbocycles. The lowest BCUT2D eigenvalue weighted by Crippen LogP contribution is -2.32. The summed E-state index contributed by atoms with van der Waals surface area (Å²) in [5.41, 5.74) is 1.83. The molecule has 198 valence electrons. The SMILES string of the molecule is Cc1cc(SCc2sc(-c3ccc(C(F)(F)F)cc3)nc2CN2CCC(C)CC2)ccc1OCC(=O)O. The zero-order chi connectivity index (χ0) is 26.6. The van der Waals surface area contributed by atoms with Crippen LogP contribution in [-0.4, -0.2) is 40.7 Å². The number of nitrogens with zero attached hydrogens (tertiary/aromatic N) is 2. The van der Waals surface area contributed by atoms with E-state index < -0.39 is 17.7 Å². The van der Waals surface area contributed by atoms with E-state index in [0.717, 1.165) is 76.6 Å². The number of benzene rings is 2. The van der Waals surface area contributed by atoms with E-state index in [2.05, 4.69) is 11.8 Å². The summed E-state index contributed by atoms with van der Waals surface area (Å²) in [6.07, 6.45) is -2.07. The fourth-order valence-corrected chi connectivity index (χ4v) is 6.31. The molecule has 0 spiro atoms. The van der Waals surface area contributed by atoms with Gasteiger partial charge in [-0.05, 0) is 74.7 Å². The minimum Gasteiger partial charge on any atom is -0.482 e. The van der Waals surface area contributed by atoms with Crippen molar-refractivity contribution in [3.8, 4) is 16.3 Å². The van der Waals surface area contributed by atoms with Gasteiger partial charge in [0.25, 0.3) is 0 Å². The summed E-state index contributed by atoms with van der Waals surface area (Å²) >= 11 is 3.17. The van der Waals surface area contributed by atoms with Crippen molar-refractivity contribution < 1.29 is 27.8 Å². The van der Waals surface area contributed by atoms with Gasteiger partial charge >= 0.3 is 12.1 Å². The van der Waals surface area contributed by atoms with Gasteiger partial charge in [-0.3, -0.25) is 4.90 Å². The van der Waals surface area contributed by atoms with Crippen LogP contribution in [0.3, 0.4) is 0 Å². The van der Waals surface area contributed by atoms with E-state index in [0.29, 0.717) is 17.1 Å². The monoisotopic (exact) mass is 550 g/mol. The Morgan fingerprint density at radius 2 is 1.89 bits per heavy atom. The first-order chi connectivity index (χ1) is 17.6. The molecule has 1 N–H and O–H groups in total. The van der Waals surface area contributed by atoms with Crippen LogP contribution in [0, 0.1) is 12.8 Å². The van der Waals surface area contributed by atoms with Crippen LogP contribution in [0.15, 0.2) is 47.4 Å². The second kappa shape index (κ2) is 11.9. The standard InChI is InChI=1S/C27H29F3N2O3S2/c1-17-9-11-32(12-10-17)14-22-24(16-36-21-7-8-23(18(2)13-21)35-15-25(33)34)37-26(31-22)19-3-5-20(6-4-19)27(28,29)30/h3-8,13,17H,9-12,14-16H2,1-2H3,(H,33,34). The van der Waals surface area contributed by atoms with Gasteiger partial charge in [0.2, 0.25) is 0 Å². The van der Waals surface area contributed by atoms with E-state index in [1.165, 1.54) is 23.5 Å². The summed E-state index contributed by atoms with van der Waals surface area (Å²) in [6, 6.07) is 10.8. The number of carboxylic acids is 1. The summed E-state index contributed by atoms with van der Waals surface area (Å²) in [7, 11) is 0. The molecule has 3 aromatic rings. The van der Waals surface area contributed by atoms with Crippen molar-refractivity contribution in [2.75, 3.05) is 19.7 Å². The molecule has 0 atom stereocenters. The lowest BCUT2D eigenvalue weighted by Gasteiger charge is -2.29. The highest BCUT2D eigenvalue weighted by Gasteiger charge is 2.30. The number of thioether (sulfide) groups is 1. The normalized spacial score (nSPS) is 15.2. The van der Waals surface area contributed by atoms with Gasteiger partial charge in [0.15, 0.2) is 6.61 Å².